The molecule has 4 bridgehead atoms. The molecule has 0 aromatic rings. The molecule has 0 heterocycles. The van der Waals surface area contributed by atoms with E-state index in [1.54, 1.807) is 6.92 Å². The molecule has 0 aromatic heterocycles. The number of carbonyl (C=O) groups excluding carboxylic acids is 1. The molecule has 7 heteroatoms. The Morgan fingerprint density at radius 1 is 1.19 bits per heavy atom. The molecule has 4 fully saturated rings. The Bertz CT molecular complexity index is 582. The smallest absolute Gasteiger partial charge is 0.333 e. The van der Waals surface area contributed by atoms with Gasteiger partial charge in [-0.2, -0.15) is 8.42 Å². The zero-order chi connectivity index (χ0) is 15.5. The monoisotopic (exact) mass is 315 g/mol. The van der Waals surface area contributed by atoms with Crippen LogP contribution < -0.4 is 5.14 Å². The van der Waals surface area contributed by atoms with E-state index in [1.165, 1.54) is 0 Å². The number of hydrogen-bond donors (Lipinski definition) is 1. The van der Waals surface area contributed by atoms with Crippen LogP contribution in [0.5, 0.6) is 0 Å². The Morgan fingerprint density at radius 3 is 2.19 bits per heavy atom. The maximum Gasteiger partial charge on any atom is 0.333 e. The van der Waals surface area contributed by atoms with Gasteiger partial charge < -0.3 is 4.74 Å². The number of ether oxygens (including phenoxy) is 1. The molecule has 0 aromatic carbocycles. The Balaban J connectivity index is 1.88. The first-order chi connectivity index (χ1) is 9.61. The van der Waals surface area contributed by atoms with E-state index in [9.17, 15) is 13.2 Å². The molecule has 2 N–H and O–H groups in total. The van der Waals surface area contributed by atoms with Crippen molar-refractivity contribution in [2.45, 2.75) is 56.7 Å². The summed E-state index contributed by atoms with van der Waals surface area (Å²) in [4.78, 5) is 11.9. The van der Waals surface area contributed by atoms with Gasteiger partial charge in [-0.3, -0.25) is 4.18 Å². The zero-order valence-electron chi connectivity index (χ0n) is 12.1. The van der Waals surface area contributed by atoms with Gasteiger partial charge in [0.05, 0.1) is 5.60 Å². The minimum Gasteiger partial charge on any atom is -0.456 e. The van der Waals surface area contributed by atoms with E-state index in [0.717, 1.165) is 19.3 Å². The lowest BCUT2D eigenvalue weighted by atomic mass is 9.52. The number of nitrogens with two attached hydrogens (primary N) is 1. The summed E-state index contributed by atoms with van der Waals surface area (Å²) < 4.78 is 33.7. The molecule has 0 saturated heterocycles. The molecule has 2 unspecified atom stereocenters. The van der Waals surface area contributed by atoms with Crippen LogP contribution in [0, 0.1) is 11.8 Å². The van der Waals surface area contributed by atoms with Crippen molar-refractivity contribution in [1.82, 2.24) is 0 Å². The topological polar surface area (TPSA) is 95.7 Å². The van der Waals surface area contributed by atoms with Crippen LogP contribution in [-0.2, 0) is 24.0 Å². The number of hydrogen-bond acceptors (Lipinski definition) is 5. The van der Waals surface area contributed by atoms with Crippen molar-refractivity contribution in [2.75, 3.05) is 0 Å². The van der Waals surface area contributed by atoms with Gasteiger partial charge in [0.15, 0.2) is 0 Å². The predicted octanol–water partition coefficient (Wildman–Crippen LogP) is 1.42. The van der Waals surface area contributed by atoms with Gasteiger partial charge in [-0.15, -0.1) is 0 Å². The molecule has 4 aliphatic rings. The molecule has 2 atom stereocenters. The maximum absolute atomic E-state index is 11.9. The third kappa shape index (κ3) is 2.86. The third-order valence-corrected chi connectivity index (χ3v) is 5.49. The SMILES string of the molecule is C=C(C)C(=O)OC12CC3CC(C1)CC(OS(N)(=O)=O)(C3)C2. The first kappa shape index (κ1) is 15.0. The number of esters is 1. The lowest BCUT2D eigenvalue weighted by Gasteiger charge is -2.59. The second-order valence-corrected chi connectivity index (χ2v) is 8.23. The van der Waals surface area contributed by atoms with Crippen molar-refractivity contribution in [2.24, 2.45) is 17.0 Å². The second-order valence-electron chi connectivity index (χ2n) is 7.07. The Morgan fingerprint density at radius 2 is 1.71 bits per heavy atom. The molecule has 118 valence electrons. The van der Waals surface area contributed by atoms with E-state index in [4.69, 9.17) is 14.1 Å². The highest BCUT2D eigenvalue weighted by atomic mass is 32.2. The highest BCUT2D eigenvalue weighted by Crippen LogP contribution is 2.60. The Hall–Kier alpha value is -0.920. The maximum atomic E-state index is 11.9. The van der Waals surface area contributed by atoms with Crippen molar-refractivity contribution < 1.29 is 22.1 Å². The fourth-order valence-electron chi connectivity index (χ4n) is 4.84. The van der Waals surface area contributed by atoms with Crippen LogP contribution in [0.15, 0.2) is 12.2 Å². The van der Waals surface area contributed by atoms with E-state index in [-0.39, 0.29) is 0 Å². The molecule has 4 aliphatic carbocycles. The van der Waals surface area contributed by atoms with E-state index in [0.29, 0.717) is 36.7 Å². The lowest BCUT2D eigenvalue weighted by molar-refractivity contribution is -0.209. The largest absolute Gasteiger partial charge is 0.456 e. The third-order valence-electron chi connectivity index (χ3n) is 4.90. The summed E-state index contributed by atoms with van der Waals surface area (Å²) in [5, 5.41) is 5.08. The molecular weight excluding hydrogens is 294 g/mol. The van der Waals surface area contributed by atoms with Gasteiger partial charge >= 0.3 is 16.3 Å². The van der Waals surface area contributed by atoms with Crippen molar-refractivity contribution >= 4 is 16.3 Å². The minimum absolute atomic E-state index is 0.325. The summed E-state index contributed by atoms with van der Waals surface area (Å²) in [5.41, 5.74) is -1.06. The normalized spacial score (nSPS) is 41.0. The molecule has 0 spiro atoms. The quantitative estimate of drug-likeness (QED) is 0.625. The van der Waals surface area contributed by atoms with E-state index >= 15 is 0 Å². The van der Waals surface area contributed by atoms with Gasteiger partial charge in [-0.05, 0) is 50.9 Å². The molecule has 0 aliphatic heterocycles. The molecule has 0 amide bonds. The predicted molar refractivity (Wildman–Crippen MR) is 75.2 cm³/mol. The Labute approximate surface area is 124 Å². The molecule has 4 saturated carbocycles. The minimum atomic E-state index is -4.02. The average Bonchev–Trinajstić information content (AvgIpc) is 2.21. The average molecular weight is 315 g/mol. The van der Waals surface area contributed by atoms with Gasteiger partial charge in [-0.1, -0.05) is 6.58 Å². The van der Waals surface area contributed by atoms with Gasteiger partial charge in [0.2, 0.25) is 0 Å². The van der Waals surface area contributed by atoms with Gasteiger partial charge in [0.25, 0.3) is 0 Å². The van der Waals surface area contributed by atoms with E-state index in [2.05, 4.69) is 6.58 Å². The standard InChI is InChI=1S/C14H21NO5S/c1-9(2)12(16)19-13-4-10-3-11(5-13)7-14(6-10,8-13)20-21(15,17)18/h10-11H,1,3-8H2,2H3,(H2,15,17,18). The van der Waals surface area contributed by atoms with Crippen molar-refractivity contribution in [3.63, 3.8) is 0 Å². The van der Waals surface area contributed by atoms with Crippen LogP contribution in [0.25, 0.3) is 0 Å². The summed E-state index contributed by atoms with van der Waals surface area (Å²) in [6.07, 6.45) is 4.35. The van der Waals surface area contributed by atoms with Crippen molar-refractivity contribution in [3.8, 4) is 0 Å². The summed E-state index contributed by atoms with van der Waals surface area (Å²) >= 11 is 0. The first-order valence-electron chi connectivity index (χ1n) is 7.23. The molecule has 6 nitrogen and oxygen atoms in total. The van der Waals surface area contributed by atoms with Gasteiger partial charge in [0, 0.05) is 12.0 Å². The van der Waals surface area contributed by atoms with Crippen LogP contribution in [-0.4, -0.2) is 25.6 Å². The fourth-order valence-corrected chi connectivity index (χ4v) is 5.53. The van der Waals surface area contributed by atoms with Gasteiger partial charge in [0.1, 0.15) is 5.60 Å². The number of carbonyl (C=O) groups is 1. The summed E-state index contributed by atoms with van der Waals surface area (Å²) in [7, 11) is -4.02. The summed E-state index contributed by atoms with van der Waals surface area (Å²) in [6, 6.07) is 0. The second kappa shape index (κ2) is 4.54. The zero-order valence-corrected chi connectivity index (χ0v) is 12.9. The van der Waals surface area contributed by atoms with Crippen LogP contribution in [0.4, 0.5) is 0 Å². The van der Waals surface area contributed by atoms with E-state index < -0.39 is 27.5 Å². The summed E-state index contributed by atoms with van der Waals surface area (Å²) in [6.45, 7) is 5.22. The molecule has 4 rings (SSSR count). The lowest BCUT2D eigenvalue weighted by Crippen LogP contribution is -2.62. The van der Waals surface area contributed by atoms with Crippen LogP contribution >= 0.6 is 0 Å². The Kier molecular flexibility index (Phi) is 3.24. The van der Waals surface area contributed by atoms with Crippen LogP contribution in [0.2, 0.25) is 0 Å². The highest BCUT2D eigenvalue weighted by molar-refractivity contribution is 7.84. The fraction of sp³-hybridized carbons (Fsp3) is 0.786. The first-order valence-corrected chi connectivity index (χ1v) is 8.70. The van der Waals surface area contributed by atoms with E-state index in [1.807, 2.05) is 0 Å². The van der Waals surface area contributed by atoms with Crippen molar-refractivity contribution in [1.29, 1.82) is 0 Å². The van der Waals surface area contributed by atoms with Gasteiger partial charge in [-0.25, -0.2) is 9.93 Å². The van der Waals surface area contributed by atoms with Crippen molar-refractivity contribution in [3.05, 3.63) is 12.2 Å². The molecule has 0 radical (unpaired) electrons. The molecule has 21 heavy (non-hydrogen) atoms. The van der Waals surface area contributed by atoms with Crippen LogP contribution in [0.1, 0.15) is 45.4 Å². The van der Waals surface area contributed by atoms with Crippen LogP contribution in [0.3, 0.4) is 0 Å². The number of rotatable bonds is 4. The molecular formula is C14H21NO5S. The highest BCUT2D eigenvalue weighted by Gasteiger charge is 2.61. The summed E-state index contributed by atoms with van der Waals surface area (Å²) in [5.74, 6) is 0.236.